The van der Waals surface area contributed by atoms with E-state index < -0.39 is 5.60 Å². The van der Waals surface area contributed by atoms with E-state index in [9.17, 15) is 9.90 Å². The Kier molecular flexibility index (Phi) is 6.33. The van der Waals surface area contributed by atoms with Crippen molar-refractivity contribution in [2.24, 2.45) is 0 Å². The lowest BCUT2D eigenvalue weighted by atomic mass is 9.98. The highest BCUT2D eigenvalue weighted by Crippen LogP contribution is 2.38. The summed E-state index contributed by atoms with van der Waals surface area (Å²) >= 11 is 0. The Morgan fingerprint density at radius 1 is 1.10 bits per heavy atom. The normalized spacial score (nSPS) is 19.3. The second-order valence-electron chi connectivity index (χ2n) is 10.3. The molecule has 10 nitrogen and oxygen atoms in total. The minimum atomic E-state index is -0.983. The van der Waals surface area contributed by atoms with Crippen molar-refractivity contribution in [1.29, 1.82) is 0 Å². The highest BCUT2D eigenvalue weighted by atomic mass is 16.3. The van der Waals surface area contributed by atoms with Crippen LogP contribution in [0.3, 0.4) is 0 Å². The molecule has 4 heterocycles. The quantitative estimate of drug-likeness (QED) is 0.371. The van der Waals surface area contributed by atoms with Gasteiger partial charge in [0.1, 0.15) is 17.5 Å². The SMILES string of the molecule is C#CCn1c(=O)c2cnc(Nc3ccc(N4CCN(C)CC4)cc3)nc2n1-c1ccc2c(n1)C(O)(CC)CC2. The third kappa shape index (κ3) is 4.43. The van der Waals surface area contributed by atoms with E-state index in [-0.39, 0.29) is 12.1 Å². The Morgan fingerprint density at radius 3 is 2.59 bits per heavy atom. The van der Waals surface area contributed by atoms with Crippen molar-refractivity contribution in [1.82, 2.24) is 29.2 Å². The zero-order valence-corrected chi connectivity index (χ0v) is 22.3. The number of aryl methyl sites for hydroxylation is 1. The topological polar surface area (TPSA) is 104 Å². The van der Waals surface area contributed by atoms with Crippen LogP contribution in [0.4, 0.5) is 17.3 Å². The lowest BCUT2D eigenvalue weighted by molar-refractivity contribution is 0.0306. The number of fused-ring (bicyclic) bond motifs is 2. The molecule has 0 radical (unpaired) electrons. The summed E-state index contributed by atoms with van der Waals surface area (Å²) in [6.45, 7) is 6.09. The summed E-state index contributed by atoms with van der Waals surface area (Å²) in [5.74, 6) is 3.39. The second kappa shape index (κ2) is 9.84. The molecule has 39 heavy (non-hydrogen) atoms. The van der Waals surface area contributed by atoms with Gasteiger partial charge in [-0.3, -0.25) is 4.79 Å². The molecule has 0 spiro atoms. The predicted molar refractivity (Wildman–Crippen MR) is 152 cm³/mol. The first-order valence-corrected chi connectivity index (χ1v) is 13.4. The van der Waals surface area contributed by atoms with Crippen molar-refractivity contribution in [3.8, 4) is 18.2 Å². The Morgan fingerprint density at radius 2 is 1.87 bits per heavy atom. The molecule has 1 aliphatic heterocycles. The fourth-order valence-electron chi connectivity index (χ4n) is 5.50. The van der Waals surface area contributed by atoms with Gasteiger partial charge in [0.05, 0.1) is 5.69 Å². The molecule has 2 aliphatic rings. The highest BCUT2D eigenvalue weighted by Gasteiger charge is 2.37. The minimum Gasteiger partial charge on any atom is -0.384 e. The Balaban J connectivity index is 1.36. The molecule has 0 amide bonds. The Labute approximate surface area is 226 Å². The molecule has 1 atom stereocenters. The molecule has 1 aliphatic carbocycles. The maximum Gasteiger partial charge on any atom is 0.279 e. The number of piperazine rings is 1. The van der Waals surface area contributed by atoms with Gasteiger partial charge in [0.2, 0.25) is 5.95 Å². The van der Waals surface area contributed by atoms with Crippen molar-refractivity contribution in [3.05, 3.63) is 64.2 Å². The lowest BCUT2D eigenvalue weighted by Crippen LogP contribution is -2.44. The summed E-state index contributed by atoms with van der Waals surface area (Å²) < 4.78 is 3.07. The maximum absolute atomic E-state index is 13.3. The van der Waals surface area contributed by atoms with E-state index in [4.69, 9.17) is 16.4 Å². The minimum absolute atomic E-state index is 0.0442. The van der Waals surface area contributed by atoms with Gasteiger partial charge in [0.15, 0.2) is 11.5 Å². The summed E-state index contributed by atoms with van der Waals surface area (Å²) in [6, 6.07) is 12.0. The Bertz CT molecular complexity index is 1630. The molecule has 3 aromatic heterocycles. The van der Waals surface area contributed by atoms with Crippen LogP contribution in [0.2, 0.25) is 0 Å². The van der Waals surface area contributed by atoms with Gasteiger partial charge in [-0.1, -0.05) is 18.9 Å². The summed E-state index contributed by atoms with van der Waals surface area (Å²) in [6.07, 6.45) is 9.09. The molecule has 1 unspecified atom stereocenters. The molecule has 2 N–H and O–H groups in total. The molecule has 6 rings (SSSR count). The van der Waals surface area contributed by atoms with Gasteiger partial charge in [-0.15, -0.1) is 6.42 Å². The number of rotatable bonds is 6. The third-order valence-electron chi connectivity index (χ3n) is 7.92. The summed E-state index contributed by atoms with van der Waals surface area (Å²) in [7, 11) is 2.15. The third-order valence-corrected chi connectivity index (χ3v) is 7.92. The van der Waals surface area contributed by atoms with Crippen LogP contribution in [-0.2, 0) is 18.6 Å². The fraction of sp³-hybridized carbons (Fsp3) is 0.379. The number of hydrogen-bond donors (Lipinski definition) is 2. The molecule has 10 heteroatoms. The van der Waals surface area contributed by atoms with E-state index in [2.05, 4.69) is 45.2 Å². The van der Waals surface area contributed by atoms with Gasteiger partial charge in [-0.05, 0) is 62.2 Å². The van der Waals surface area contributed by atoms with Crippen LogP contribution < -0.4 is 15.8 Å². The standard InChI is InChI=1S/C29H32N8O2/c1-4-14-36-27(38)23-19-30-28(31-21-7-9-22(10-8-21)35-17-15-34(3)16-18-35)33-26(23)37(36)24-11-6-20-12-13-29(39,5-2)25(20)32-24/h1,6-11,19,39H,5,12-18H2,2-3H3,(H,30,31,33). The smallest absolute Gasteiger partial charge is 0.279 e. The number of nitrogens with zero attached hydrogens (tertiary/aromatic N) is 7. The number of terminal acetylenes is 1. The van der Waals surface area contributed by atoms with Crippen molar-refractivity contribution < 1.29 is 5.11 Å². The summed E-state index contributed by atoms with van der Waals surface area (Å²) in [5, 5.41) is 14.7. The number of nitrogens with one attached hydrogen (secondary N) is 1. The van der Waals surface area contributed by atoms with E-state index >= 15 is 0 Å². The Hall–Kier alpha value is -4.20. The van der Waals surface area contributed by atoms with E-state index in [1.165, 1.54) is 16.6 Å². The number of aliphatic hydroxyl groups is 1. The van der Waals surface area contributed by atoms with E-state index in [0.717, 1.165) is 43.9 Å². The van der Waals surface area contributed by atoms with Crippen molar-refractivity contribution in [2.45, 2.75) is 38.3 Å². The van der Waals surface area contributed by atoms with Gasteiger partial charge in [-0.2, -0.15) is 4.98 Å². The lowest BCUT2D eigenvalue weighted by Gasteiger charge is -2.34. The van der Waals surface area contributed by atoms with E-state index in [1.54, 1.807) is 4.68 Å². The molecule has 200 valence electrons. The van der Waals surface area contributed by atoms with Gasteiger partial charge in [-0.25, -0.2) is 19.3 Å². The molecule has 1 fully saturated rings. The molecular weight excluding hydrogens is 492 g/mol. The van der Waals surface area contributed by atoms with Crippen molar-refractivity contribution >= 4 is 28.4 Å². The molecule has 1 saturated heterocycles. The van der Waals surface area contributed by atoms with Crippen LogP contribution in [0.1, 0.15) is 31.0 Å². The predicted octanol–water partition coefficient (Wildman–Crippen LogP) is 2.65. The average molecular weight is 525 g/mol. The molecule has 0 bridgehead atoms. The first-order valence-electron chi connectivity index (χ1n) is 13.4. The molecular formula is C29H32N8O2. The van der Waals surface area contributed by atoms with Crippen molar-refractivity contribution in [2.75, 3.05) is 43.4 Å². The van der Waals surface area contributed by atoms with Gasteiger partial charge < -0.3 is 20.2 Å². The second-order valence-corrected chi connectivity index (χ2v) is 10.3. The van der Waals surface area contributed by atoms with Crippen LogP contribution in [-0.4, -0.2) is 67.5 Å². The number of benzene rings is 1. The monoisotopic (exact) mass is 524 g/mol. The molecule has 4 aromatic rings. The molecule has 1 aromatic carbocycles. The van der Waals surface area contributed by atoms with Crippen LogP contribution >= 0.6 is 0 Å². The van der Waals surface area contributed by atoms with Crippen LogP contribution in [0.15, 0.2) is 47.4 Å². The first-order chi connectivity index (χ1) is 18.9. The largest absolute Gasteiger partial charge is 0.384 e. The van der Waals surface area contributed by atoms with E-state index in [1.807, 2.05) is 31.2 Å². The first kappa shape index (κ1) is 25.1. The zero-order valence-electron chi connectivity index (χ0n) is 22.3. The maximum atomic E-state index is 13.3. The summed E-state index contributed by atoms with van der Waals surface area (Å²) in [5.41, 5.74) is 2.81. The number of pyridine rings is 1. The average Bonchev–Trinajstić information content (AvgIpc) is 3.43. The van der Waals surface area contributed by atoms with Gasteiger partial charge >= 0.3 is 0 Å². The number of anilines is 3. The van der Waals surface area contributed by atoms with Crippen molar-refractivity contribution in [3.63, 3.8) is 0 Å². The van der Waals surface area contributed by atoms with Crippen LogP contribution in [0, 0.1) is 12.3 Å². The molecule has 0 saturated carbocycles. The van der Waals surface area contributed by atoms with Gasteiger partial charge in [0.25, 0.3) is 5.56 Å². The number of likely N-dealkylation sites (N-methyl/N-ethyl adjacent to an activating group) is 1. The van der Waals surface area contributed by atoms with Crippen LogP contribution in [0.25, 0.3) is 16.9 Å². The fourth-order valence-corrected chi connectivity index (χ4v) is 5.50. The van der Waals surface area contributed by atoms with E-state index in [0.29, 0.717) is 41.3 Å². The number of aromatic nitrogens is 5. The highest BCUT2D eigenvalue weighted by molar-refractivity contribution is 5.77. The number of hydrogen-bond acceptors (Lipinski definition) is 8. The van der Waals surface area contributed by atoms with Gasteiger partial charge in [0, 0.05) is 43.8 Å². The zero-order chi connectivity index (χ0) is 27.1. The summed E-state index contributed by atoms with van der Waals surface area (Å²) in [4.78, 5) is 31.9. The van der Waals surface area contributed by atoms with Crippen LogP contribution in [0.5, 0.6) is 0 Å².